The van der Waals surface area contributed by atoms with E-state index in [2.05, 4.69) is 0 Å². The quantitative estimate of drug-likeness (QED) is 0.650. The molecule has 0 aliphatic carbocycles. The molecule has 1 aliphatic rings. The Morgan fingerprint density at radius 1 is 1.19 bits per heavy atom. The van der Waals surface area contributed by atoms with Crippen molar-refractivity contribution >= 4 is 35.2 Å². The Kier molecular flexibility index (Phi) is 5.81. The van der Waals surface area contributed by atoms with Crippen molar-refractivity contribution < 1.29 is 41.8 Å². The molecule has 0 fully saturated rings. The first-order valence-electron chi connectivity index (χ1n) is 8.94. The Labute approximate surface area is 183 Å². The van der Waals surface area contributed by atoms with Crippen LogP contribution in [0.5, 0.6) is 5.75 Å². The van der Waals surface area contributed by atoms with Gasteiger partial charge in [0, 0.05) is 16.1 Å². The van der Waals surface area contributed by atoms with E-state index >= 15 is 4.39 Å². The van der Waals surface area contributed by atoms with Crippen LogP contribution in [0.3, 0.4) is 0 Å². The molecule has 0 saturated carbocycles. The molecule has 7 nitrogen and oxygen atoms in total. The van der Waals surface area contributed by atoms with Gasteiger partial charge in [-0.1, -0.05) is 17.7 Å². The molecule has 12 heteroatoms. The summed E-state index contributed by atoms with van der Waals surface area (Å²) in [5, 5.41) is 10.9. The first kappa shape index (κ1) is 23.3. The molecule has 1 unspecified atom stereocenters. The minimum atomic E-state index is -4.86. The fourth-order valence-electron chi connectivity index (χ4n) is 3.29. The number of urea groups is 1. The summed E-state index contributed by atoms with van der Waals surface area (Å²) in [6, 6.07) is 2.48. The largest absolute Gasteiger partial charge is 0.496 e. The van der Waals surface area contributed by atoms with E-state index in [-0.39, 0.29) is 15.7 Å². The Hall–Kier alpha value is -3.34. The number of carboxylic acids is 1. The van der Waals surface area contributed by atoms with E-state index in [1.54, 1.807) is 0 Å². The van der Waals surface area contributed by atoms with Crippen LogP contribution in [0.15, 0.2) is 36.4 Å². The van der Waals surface area contributed by atoms with Crippen LogP contribution >= 0.6 is 11.6 Å². The van der Waals surface area contributed by atoms with Gasteiger partial charge in [-0.05, 0) is 37.3 Å². The van der Waals surface area contributed by atoms with E-state index in [0.717, 1.165) is 19.1 Å². The maximum absolute atomic E-state index is 16.5. The Morgan fingerprint density at radius 3 is 2.41 bits per heavy atom. The topological polar surface area (TPSA) is 95.9 Å². The second-order valence-electron chi connectivity index (χ2n) is 6.88. The van der Waals surface area contributed by atoms with Gasteiger partial charge >= 0.3 is 18.2 Å². The lowest BCUT2D eigenvalue weighted by molar-refractivity contribution is -0.139. The number of nitrogens with zero attached hydrogens (tertiary/aromatic N) is 1. The summed E-state index contributed by atoms with van der Waals surface area (Å²) in [6.07, 6.45) is -4.86. The van der Waals surface area contributed by atoms with E-state index in [1.165, 1.54) is 19.2 Å². The summed E-state index contributed by atoms with van der Waals surface area (Å²) < 4.78 is 61.4. The number of hydrogen-bond acceptors (Lipinski definition) is 4. The van der Waals surface area contributed by atoms with E-state index < -0.39 is 58.2 Å². The van der Waals surface area contributed by atoms with Gasteiger partial charge in [-0.2, -0.15) is 13.2 Å². The zero-order chi connectivity index (χ0) is 24.0. The van der Waals surface area contributed by atoms with Gasteiger partial charge in [0.05, 0.1) is 18.4 Å². The molecule has 0 bridgehead atoms. The number of rotatable bonds is 4. The van der Waals surface area contributed by atoms with Crippen molar-refractivity contribution in [2.24, 2.45) is 0 Å². The second-order valence-corrected chi connectivity index (χ2v) is 7.32. The number of carbonyl (C=O) groups excluding carboxylic acids is 2. The van der Waals surface area contributed by atoms with Gasteiger partial charge in [-0.15, -0.1) is 0 Å². The highest BCUT2D eigenvalue weighted by Crippen LogP contribution is 2.51. The standard InChI is InChI=1S/C20H15ClF4N2O5/c1-9(16(28)29)26-18(31)27-14-7-10(20(23,24)25)3-5-12(14)19(22,17(27)30)13-8-11(21)4-6-15(13)32-2/h3-9H,1-2H3,(H,26,31)(H,28,29)/t9?,19-/m0/s1. The number of hydrogen-bond donors (Lipinski definition) is 2. The number of halogens is 5. The normalized spacial score (nSPS) is 18.8. The number of imide groups is 1. The van der Waals surface area contributed by atoms with Crippen molar-refractivity contribution in [3.05, 3.63) is 58.1 Å². The van der Waals surface area contributed by atoms with Crippen LogP contribution in [0.2, 0.25) is 5.02 Å². The van der Waals surface area contributed by atoms with E-state index in [9.17, 15) is 27.6 Å². The third-order valence-electron chi connectivity index (χ3n) is 4.88. The first-order valence-corrected chi connectivity index (χ1v) is 9.32. The zero-order valence-corrected chi connectivity index (χ0v) is 17.2. The van der Waals surface area contributed by atoms with Crippen LogP contribution in [0.1, 0.15) is 23.6 Å². The van der Waals surface area contributed by atoms with Gasteiger partial charge in [0.2, 0.25) is 5.67 Å². The fourth-order valence-corrected chi connectivity index (χ4v) is 3.46. The Balaban J connectivity index is 2.26. The highest BCUT2D eigenvalue weighted by molar-refractivity contribution is 6.31. The molecule has 0 spiro atoms. The molecule has 3 rings (SSSR count). The summed E-state index contributed by atoms with van der Waals surface area (Å²) in [4.78, 5) is 37.0. The Bertz CT molecular complexity index is 1120. The molecule has 3 amide bonds. The van der Waals surface area contributed by atoms with Crippen molar-refractivity contribution in [3.8, 4) is 5.75 Å². The third kappa shape index (κ3) is 3.72. The highest BCUT2D eigenvalue weighted by atomic mass is 35.5. The number of methoxy groups -OCH3 is 1. The van der Waals surface area contributed by atoms with Gasteiger partial charge in [-0.25, -0.2) is 14.1 Å². The van der Waals surface area contributed by atoms with Crippen molar-refractivity contribution in [2.75, 3.05) is 12.0 Å². The molecule has 2 aromatic rings. The van der Waals surface area contributed by atoms with Crippen LogP contribution in [0, 0.1) is 0 Å². The minimum Gasteiger partial charge on any atom is -0.496 e. The van der Waals surface area contributed by atoms with Crippen LogP contribution in [0.4, 0.5) is 28.0 Å². The minimum absolute atomic E-state index is 0.00138. The smallest absolute Gasteiger partial charge is 0.416 e. The Morgan fingerprint density at radius 2 is 1.84 bits per heavy atom. The number of anilines is 1. The first-order chi connectivity index (χ1) is 14.8. The maximum atomic E-state index is 16.5. The molecule has 0 radical (unpaired) electrons. The van der Waals surface area contributed by atoms with Crippen molar-refractivity contribution in [3.63, 3.8) is 0 Å². The fraction of sp³-hybridized carbons (Fsp3) is 0.250. The van der Waals surface area contributed by atoms with Crippen molar-refractivity contribution in [1.82, 2.24) is 5.32 Å². The number of carbonyl (C=O) groups is 3. The SMILES string of the molecule is COc1ccc(Cl)cc1[C@]1(F)C(=O)N(C(=O)NC(C)C(=O)O)c2cc(C(F)(F)F)ccc21. The number of ether oxygens (including phenoxy) is 1. The van der Waals surface area contributed by atoms with Crippen LogP contribution in [-0.2, 0) is 21.4 Å². The number of amides is 3. The van der Waals surface area contributed by atoms with Crippen molar-refractivity contribution in [2.45, 2.75) is 24.8 Å². The van der Waals surface area contributed by atoms with Gasteiger partial charge < -0.3 is 15.2 Å². The summed E-state index contributed by atoms with van der Waals surface area (Å²) in [5.41, 5.74) is -6.06. The lowest BCUT2D eigenvalue weighted by Crippen LogP contribution is -2.50. The monoisotopic (exact) mass is 474 g/mol. The molecule has 2 atom stereocenters. The molecular weight excluding hydrogens is 460 g/mol. The molecule has 0 aromatic heterocycles. The predicted molar refractivity (Wildman–Crippen MR) is 104 cm³/mol. The number of fused-ring (bicyclic) bond motifs is 1. The van der Waals surface area contributed by atoms with E-state index in [4.69, 9.17) is 21.4 Å². The molecule has 170 valence electrons. The number of aliphatic carboxylic acids is 1. The van der Waals surface area contributed by atoms with Crippen molar-refractivity contribution in [1.29, 1.82) is 0 Å². The molecule has 0 saturated heterocycles. The van der Waals surface area contributed by atoms with Gasteiger partial charge in [0.1, 0.15) is 11.8 Å². The molecule has 1 heterocycles. The predicted octanol–water partition coefficient (Wildman–Crippen LogP) is 4.11. The zero-order valence-electron chi connectivity index (χ0n) is 16.5. The maximum Gasteiger partial charge on any atom is 0.416 e. The third-order valence-corrected chi connectivity index (χ3v) is 5.12. The van der Waals surface area contributed by atoms with Gasteiger partial charge in [0.25, 0.3) is 5.91 Å². The summed E-state index contributed by atoms with van der Waals surface area (Å²) in [7, 11) is 1.18. The highest BCUT2D eigenvalue weighted by Gasteiger charge is 2.57. The van der Waals surface area contributed by atoms with Crippen LogP contribution < -0.4 is 15.0 Å². The van der Waals surface area contributed by atoms with E-state index in [1.807, 2.05) is 5.32 Å². The van der Waals surface area contributed by atoms with Gasteiger partial charge in [-0.3, -0.25) is 9.59 Å². The summed E-state index contributed by atoms with van der Waals surface area (Å²) >= 11 is 5.94. The van der Waals surface area contributed by atoms with Crippen LogP contribution in [0.25, 0.3) is 0 Å². The molecule has 2 aromatic carbocycles. The van der Waals surface area contributed by atoms with E-state index in [0.29, 0.717) is 12.1 Å². The number of nitrogens with one attached hydrogen (secondary N) is 1. The lowest BCUT2D eigenvalue weighted by Gasteiger charge is -2.23. The summed E-state index contributed by atoms with van der Waals surface area (Å²) in [5.74, 6) is -3.17. The van der Waals surface area contributed by atoms with Crippen LogP contribution in [-0.4, -0.2) is 36.2 Å². The average Bonchev–Trinajstić information content (AvgIpc) is 2.94. The average molecular weight is 475 g/mol. The number of alkyl halides is 4. The number of carboxylic acid groups (broad SMARTS) is 1. The molecule has 1 aliphatic heterocycles. The molecule has 2 N–H and O–H groups in total. The molecular formula is C20H15ClF4N2O5. The lowest BCUT2D eigenvalue weighted by atomic mass is 9.88. The molecule has 32 heavy (non-hydrogen) atoms. The number of benzene rings is 2. The second kappa shape index (κ2) is 7.97. The van der Waals surface area contributed by atoms with Gasteiger partial charge in [0.15, 0.2) is 0 Å². The summed E-state index contributed by atoms with van der Waals surface area (Å²) in [6.45, 7) is 1.07.